The highest BCUT2D eigenvalue weighted by Crippen LogP contribution is 2.17. The van der Waals surface area contributed by atoms with Crippen molar-refractivity contribution in [2.45, 2.75) is 0 Å². The summed E-state index contributed by atoms with van der Waals surface area (Å²) in [6.07, 6.45) is 4.44. The second-order valence-electron chi connectivity index (χ2n) is 4.24. The summed E-state index contributed by atoms with van der Waals surface area (Å²) in [7, 11) is 1.78. The Morgan fingerprint density at radius 3 is 2.75 bits per heavy atom. The smallest absolute Gasteiger partial charge is 0.251 e. The maximum Gasteiger partial charge on any atom is 0.251 e. The van der Waals surface area contributed by atoms with Gasteiger partial charge in [-0.15, -0.1) is 0 Å². The van der Waals surface area contributed by atoms with Crippen molar-refractivity contribution < 1.29 is 4.39 Å². The molecule has 0 aliphatic heterocycles. The monoisotopic (exact) mass is 271 g/mol. The summed E-state index contributed by atoms with van der Waals surface area (Å²) in [4.78, 5) is 22.5. The molecule has 0 aromatic carbocycles. The van der Waals surface area contributed by atoms with Crippen LogP contribution in [0.15, 0.2) is 41.6 Å². The van der Waals surface area contributed by atoms with Crippen LogP contribution in [-0.2, 0) is 7.05 Å². The molecule has 0 unspecified atom stereocenters. The summed E-state index contributed by atoms with van der Waals surface area (Å²) in [5, 5.41) is 4.04. The van der Waals surface area contributed by atoms with E-state index < -0.39 is 5.82 Å². The van der Waals surface area contributed by atoms with Gasteiger partial charge < -0.3 is 4.98 Å². The van der Waals surface area contributed by atoms with Crippen LogP contribution in [0.25, 0.3) is 22.8 Å². The van der Waals surface area contributed by atoms with Gasteiger partial charge in [-0.3, -0.25) is 9.48 Å². The van der Waals surface area contributed by atoms with Gasteiger partial charge in [-0.1, -0.05) is 0 Å². The van der Waals surface area contributed by atoms with Crippen molar-refractivity contribution in [1.82, 2.24) is 24.7 Å². The third kappa shape index (κ3) is 2.33. The molecule has 3 aromatic heterocycles. The van der Waals surface area contributed by atoms with Crippen LogP contribution in [0.5, 0.6) is 0 Å². The molecule has 100 valence electrons. The van der Waals surface area contributed by atoms with E-state index >= 15 is 0 Å². The summed E-state index contributed by atoms with van der Waals surface area (Å²) in [5.74, 6) is -0.157. The number of rotatable bonds is 2. The van der Waals surface area contributed by atoms with Gasteiger partial charge in [0, 0.05) is 24.9 Å². The average Bonchev–Trinajstić information content (AvgIpc) is 2.85. The Morgan fingerprint density at radius 2 is 2.10 bits per heavy atom. The summed E-state index contributed by atoms with van der Waals surface area (Å²) >= 11 is 0. The number of H-pyrrole nitrogens is 1. The van der Waals surface area contributed by atoms with Crippen molar-refractivity contribution in [3.05, 3.63) is 53.0 Å². The van der Waals surface area contributed by atoms with Crippen LogP contribution in [0.4, 0.5) is 4.39 Å². The summed E-state index contributed by atoms with van der Waals surface area (Å²) in [5.41, 5.74) is 1.30. The fraction of sp³-hybridized carbons (Fsp3) is 0.0769. The highest BCUT2D eigenvalue weighted by atomic mass is 19.1. The molecule has 0 aliphatic rings. The third-order valence-electron chi connectivity index (χ3n) is 2.71. The number of halogens is 1. The molecule has 3 heterocycles. The summed E-state index contributed by atoms with van der Waals surface area (Å²) < 4.78 is 14.5. The van der Waals surface area contributed by atoms with E-state index in [0.717, 1.165) is 11.8 Å². The quantitative estimate of drug-likeness (QED) is 0.763. The van der Waals surface area contributed by atoms with Gasteiger partial charge in [-0.05, 0) is 12.1 Å². The molecule has 0 radical (unpaired) electrons. The minimum Gasteiger partial charge on any atom is -0.305 e. The number of aromatic nitrogens is 5. The van der Waals surface area contributed by atoms with Crippen LogP contribution < -0.4 is 5.56 Å². The molecule has 20 heavy (non-hydrogen) atoms. The van der Waals surface area contributed by atoms with E-state index in [-0.39, 0.29) is 11.4 Å². The Balaban J connectivity index is 2.11. The van der Waals surface area contributed by atoms with Gasteiger partial charge in [0.1, 0.15) is 11.5 Å². The van der Waals surface area contributed by atoms with Gasteiger partial charge in [0.05, 0.1) is 18.1 Å². The topological polar surface area (TPSA) is 76.5 Å². The molecule has 0 saturated heterocycles. The molecule has 1 N–H and O–H groups in total. The van der Waals surface area contributed by atoms with E-state index in [1.54, 1.807) is 24.1 Å². The van der Waals surface area contributed by atoms with Crippen molar-refractivity contribution in [3.63, 3.8) is 0 Å². The molecular weight excluding hydrogens is 261 g/mol. The van der Waals surface area contributed by atoms with Crippen molar-refractivity contribution in [2.24, 2.45) is 7.05 Å². The molecule has 0 bridgehead atoms. The van der Waals surface area contributed by atoms with Crippen LogP contribution in [-0.4, -0.2) is 24.7 Å². The fourth-order valence-electron chi connectivity index (χ4n) is 1.80. The molecule has 0 aliphatic carbocycles. The van der Waals surface area contributed by atoms with Crippen molar-refractivity contribution in [1.29, 1.82) is 0 Å². The number of pyridine rings is 1. The summed E-state index contributed by atoms with van der Waals surface area (Å²) in [6, 6.07) is 4.10. The molecule has 3 rings (SSSR count). The zero-order valence-corrected chi connectivity index (χ0v) is 10.5. The lowest BCUT2D eigenvalue weighted by Crippen LogP contribution is -2.09. The van der Waals surface area contributed by atoms with Crippen molar-refractivity contribution >= 4 is 0 Å². The second kappa shape index (κ2) is 4.69. The highest BCUT2D eigenvalue weighted by molar-refractivity contribution is 5.60. The van der Waals surface area contributed by atoms with Gasteiger partial charge in [0.15, 0.2) is 5.82 Å². The molecule has 7 heteroatoms. The molecule has 0 amide bonds. The first kappa shape index (κ1) is 12.2. The molecule has 0 atom stereocenters. The van der Waals surface area contributed by atoms with Gasteiger partial charge >= 0.3 is 0 Å². The van der Waals surface area contributed by atoms with Crippen LogP contribution in [0.2, 0.25) is 0 Å². The van der Waals surface area contributed by atoms with Crippen LogP contribution in [0.1, 0.15) is 0 Å². The van der Waals surface area contributed by atoms with E-state index in [1.165, 1.54) is 18.2 Å². The van der Waals surface area contributed by atoms with Gasteiger partial charge in [-0.2, -0.15) is 5.10 Å². The van der Waals surface area contributed by atoms with E-state index in [4.69, 9.17) is 0 Å². The first-order chi connectivity index (χ1) is 9.61. The van der Waals surface area contributed by atoms with E-state index in [1.807, 2.05) is 0 Å². The number of nitrogens with one attached hydrogen (secondary N) is 1. The SMILES string of the molecule is Cn1cc(-c2cc(=O)[nH]c(-c3ccc(F)cn3)n2)cn1. The largest absolute Gasteiger partial charge is 0.305 e. The zero-order chi connectivity index (χ0) is 14.1. The molecule has 0 spiro atoms. The molecule has 0 saturated carbocycles. The minimum absolute atomic E-state index is 0.288. The highest BCUT2D eigenvalue weighted by Gasteiger charge is 2.08. The zero-order valence-electron chi connectivity index (χ0n) is 10.5. The number of aryl methyl sites for hydroxylation is 1. The summed E-state index contributed by atoms with van der Waals surface area (Å²) in [6.45, 7) is 0. The molecular formula is C13H10FN5O. The standard InChI is InChI=1S/C13H10FN5O/c1-19-7-8(5-16-19)11-4-12(20)18-13(17-11)10-3-2-9(14)6-15-10/h2-7H,1H3,(H,17,18,20). The normalized spacial score (nSPS) is 10.7. The van der Waals surface area contributed by atoms with Crippen LogP contribution in [0.3, 0.4) is 0 Å². The lowest BCUT2D eigenvalue weighted by atomic mass is 10.2. The number of aromatic amines is 1. The Morgan fingerprint density at radius 1 is 1.25 bits per heavy atom. The third-order valence-corrected chi connectivity index (χ3v) is 2.71. The number of hydrogen-bond donors (Lipinski definition) is 1. The van der Waals surface area contributed by atoms with Gasteiger partial charge in [0.25, 0.3) is 5.56 Å². The lowest BCUT2D eigenvalue weighted by Gasteiger charge is -2.02. The first-order valence-corrected chi connectivity index (χ1v) is 5.84. The Hall–Kier alpha value is -2.83. The van der Waals surface area contributed by atoms with Gasteiger partial charge in [-0.25, -0.2) is 14.4 Å². The number of nitrogens with zero attached hydrogens (tertiary/aromatic N) is 4. The minimum atomic E-state index is -0.445. The predicted octanol–water partition coefficient (Wildman–Crippen LogP) is 1.37. The number of hydrogen-bond acceptors (Lipinski definition) is 4. The first-order valence-electron chi connectivity index (χ1n) is 5.84. The van der Waals surface area contributed by atoms with Crippen LogP contribution >= 0.6 is 0 Å². The van der Waals surface area contributed by atoms with E-state index in [0.29, 0.717) is 11.4 Å². The van der Waals surface area contributed by atoms with E-state index in [2.05, 4.69) is 20.1 Å². The predicted molar refractivity (Wildman–Crippen MR) is 70.2 cm³/mol. The maximum absolute atomic E-state index is 12.9. The molecule has 3 aromatic rings. The maximum atomic E-state index is 12.9. The van der Waals surface area contributed by atoms with Crippen molar-refractivity contribution in [3.8, 4) is 22.8 Å². The molecule has 6 nitrogen and oxygen atoms in total. The second-order valence-corrected chi connectivity index (χ2v) is 4.24. The fourth-order valence-corrected chi connectivity index (χ4v) is 1.80. The van der Waals surface area contributed by atoms with Crippen LogP contribution in [0, 0.1) is 5.82 Å². The van der Waals surface area contributed by atoms with Gasteiger partial charge in [0.2, 0.25) is 0 Å². The lowest BCUT2D eigenvalue weighted by molar-refractivity contribution is 0.621. The Kier molecular flexibility index (Phi) is 2.86. The van der Waals surface area contributed by atoms with Crippen molar-refractivity contribution in [2.75, 3.05) is 0 Å². The van der Waals surface area contributed by atoms with E-state index in [9.17, 15) is 9.18 Å². The Labute approximate surface area is 113 Å². The average molecular weight is 271 g/mol. The molecule has 0 fully saturated rings. The Bertz CT molecular complexity index is 806.